The summed E-state index contributed by atoms with van der Waals surface area (Å²) in [6.07, 6.45) is 1.94. The van der Waals surface area contributed by atoms with Gasteiger partial charge in [-0.25, -0.2) is 9.07 Å². The second kappa shape index (κ2) is 9.39. The molecule has 2 amide bonds. The van der Waals surface area contributed by atoms with Gasteiger partial charge in [0.1, 0.15) is 18.2 Å². The lowest BCUT2D eigenvalue weighted by atomic mass is 9.87. The highest BCUT2D eigenvalue weighted by atomic mass is 32.2. The van der Waals surface area contributed by atoms with Crippen LogP contribution in [0.15, 0.2) is 48.5 Å². The minimum atomic E-state index is -0.362. The monoisotopic (exact) mass is 506 g/mol. The summed E-state index contributed by atoms with van der Waals surface area (Å²) in [7, 11) is 0. The van der Waals surface area contributed by atoms with Gasteiger partial charge in [-0.3, -0.25) is 14.5 Å². The van der Waals surface area contributed by atoms with Gasteiger partial charge in [-0.15, -0.1) is 11.8 Å². The number of anilines is 1. The lowest BCUT2D eigenvalue weighted by Crippen LogP contribution is -2.43. The minimum absolute atomic E-state index is 0.0834. The molecule has 1 aromatic heterocycles. The van der Waals surface area contributed by atoms with E-state index in [0.29, 0.717) is 5.82 Å². The highest BCUT2D eigenvalue weighted by Gasteiger charge is 2.40. The van der Waals surface area contributed by atoms with Gasteiger partial charge in [0.2, 0.25) is 11.8 Å². The number of nitrogens with zero attached hydrogens (tertiary/aromatic N) is 3. The number of nitrogens with one attached hydrogen (secondary N) is 1. The first-order chi connectivity index (χ1) is 17.1. The summed E-state index contributed by atoms with van der Waals surface area (Å²) in [5, 5.41) is 7.78. The number of amides is 2. The third kappa shape index (κ3) is 4.78. The van der Waals surface area contributed by atoms with Gasteiger partial charge in [0.25, 0.3) is 0 Å². The van der Waals surface area contributed by atoms with E-state index in [0.717, 1.165) is 40.9 Å². The van der Waals surface area contributed by atoms with Gasteiger partial charge in [0.15, 0.2) is 0 Å². The van der Waals surface area contributed by atoms with Crippen LogP contribution in [0.2, 0.25) is 0 Å². The van der Waals surface area contributed by atoms with E-state index in [1.54, 1.807) is 11.0 Å². The molecule has 1 unspecified atom stereocenters. The normalized spacial score (nSPS) is 18.1. The summed E-state index contributed by atoms with van der Waals surface area (Å²) in [6.45, 7) is 8.17. The van der Waals surface area contributed by atoms with Crippen LogP contribution in [0, 0.1) is 12.7 Å². The molecule has 8 heteroatoms. The van der Waals surface area contributed by atoms with Crippen molar-refractivity contribution in [2.45, 2.75) is 57.2 Å². The van der Waals surface area contributed by atoms with Crippen molar-refractivity contribution < 1.29 is 14.0 Å². The average Bonchev–Trinajstić information content (AvgIpc) is 3.56. The van der Waals surface area contributed by atoms with Crippen LogP contribution in [-0.4, -0.2) is 39.9 Å². The predicted molar refractivity (Wildman–Crippen MR) is 141 cm³/mol. The summed E-state index contributed by atoms with van der Waals surface area (Å²) < 4.78 is 16.2. The average molecular weight is 507 g/mol. The van der Waals surface area contributed by atoms with Gasteiger partial charge in [-0.1, -0.05) is 51.1 Å². The Morgan fingerprint density at radius 2 is 1.92 bits per heavy atom. The third-order valence-corrected chi connectivity index (χ3v) is 7.79. The van der Waals surface area contributed by atoms with Crippen molar-refractivity contribution in [2.75, 3.05) is 17.2 Å². The Kier molecular flexibility index (Phi) is 6.41. The summed E-state index contributed by atoms with van der Waals surface area (Å²) in [4.78, 5) is 28.1. The number of aromatic nitrogens is 2. The second-order valence-electron chi connectivity index (χ2n) is 10.6. The molecule has 1 N–H and O–H groups in total. The van der Waals surface area contributed by atoms with Gasteiger partial charge in [-0.2, -0.15) is 5.10 Å². The number of carbonyl (C=O) groups is 2. The molecular formula is C28H31FN4O2S. The Morgan fingerprint density at radius 3 is 2.58 bits per heavy atom. The fourth-order valence-electron chi connectivity index (χ4n) is 4.62. The van der Waals surface area contributed by atoms with E-state index in [9.17, 15) is 14.0 Å². The molecule has 1 aliphatic carbocycles. The maximum absolute atomic E-state index is 14.3. The van der Waals surface area contributed by atoms with Crippen LogP contribution in [0.1, 0.15) is 61.2 Å². The lowest BCUT2D eigenvalue weighted by Gasteiger charge is -2.24. The largest absolute Gasteiger partial charge is 0.352 e. The van der Waals surface area contributed by atoms with Crippen molar-refractivity contribution in [3.63, 3.8) is 0 Å². The van der Waals surface area contributed by atoms with Crippen LogP contribution < -0.4 is 10.2 Å². The second-order valence-corrected chi connectivity index (χ2v) is 11.7. The molecule has 2 aromatic carbocycles. The van der Waals surface area contributed by atoms with Gasteiger partial charge in [0, 0.05) is 17.0 Å². The molecule has 0 saturated heterocycles. The van der Waals surface area contributed by atoms with Gasteiger partial charge < -0.3 is 5.32 Å². The Bertz CT molecular complexity index is 1330. The topological polar surface area (TPSA) is 67.2 Å². The van der Waals surface area contributed by atoms with Gasteiger partial charge in [0.05, 0.1) is 22.4 Å². The molecule has 3 aromatic rings. The quantitative estimate of drug-likeness (QED) is 0.525. The Balaban J connectivity index is 1.76. The predicted octanol–water partition coefficient (Wildman–Crippen LogP) is 5.07. The smallest absolute Gasteiger partial charge is 0.240 e. The zero-order chi connectivity index (χ0) is 25.6. The molecule has 1 saturated carbocycles. The molecule has 5 rings (SSSR count). The molecule has 1 atom stereocenters. The van der Waals surface area contributed by atoms with E-state index in [-0.39, 0.29) is 46.6 Å². The molecule has 1 aliphatic heterocycles. The minimum Gasteiger partial charge on any atom is -0.352 e. The van der Waals surface area contributed by atoms with Crippen molar-refractivity contribution in [1.82, 2.24) is 15.1 Å². The lowest BCUT2D eigenvalue weighted by molar-refractivity contribution is -0.123. The molecule has 0 radical (unpaired) electrons. The van der Waals surface area contributed by atoms with Crippen LogP contribution in [0.25, 0.3) is 5.69 Å². The number of halogens is 1. The van der Waals surface area contributed by atoms with Crippen molar-refractivity contribution in [3.05, 3.63) is 76.7 Å². The van der Waals surface area contributed by atoms with E-state index in [1.807, 2.05) is 41.9 Å². The van der Waals surface area contributed by atoms with Crippen LogP contribution in [0.3, 0.4) is 0 Å². The van der Waals surface area contributed by atoms with E-state index in [4.69, 9.17) is 5.10 Å². The molecule has 2 heterocycles. The highest BCUT2D eigenvalue weighted by Crippen LogP contribution is 2.48. The Morgan fingerprint density at radius 1 is 1.17 bits per heavy atom. The summed E-state index contributed by atoms with van der Waals surface area (Å²) in [5.41, 5.74) is 3.93. The van der Waals surface area contributed by atoms with E-state index < -0.39 is 0 Å². The zero-order valence-corrected chi connectivity index (χ0v) is 21.9. The van der Waals surface area contributed by atoms with Crippen molar-refractivity contribution in [2.24, 2.45) is 0 Å². The first kappa shape index (κ1) is 24.6. The van der Waals surface area contributed by atoms with Crippen LogP contribution in [-0.2, 0) is 15.0 Å². The summed E-state index contributed by atoms with van der Waals surface area (Å²) >= 11 is 1.45. The number of fused-ring (bicyclic) bond motifs is 1. The zero-order valence-electron chi connectivity index (χ0n) is 21.0. The molecule has 6 nitrogen and oxygen atoms in total. The fraction of sp³-hybridized carbons (Fsp3) is 0.393. The maximum atomic E-state index is 14.3. The van der Waals surface area contributed by atoms with Crippen molar-refractivity contribution >= 4 is 29.4 Å². The molecule has 2 aliphatic rings. The third-order valence-electron chi connectivity index (χ3n) is 6.54. The highest BCUT2D eigenvalue weighted by molar-refractivity contribution is 8.00. The number of rotatable bonds is 5. The first-order valence-electron chi connectivity index (χ1n) is 12.3. The SMILES string of the molecule is Cc1ccccc1-n1nc(C(C)(C)C)c2c1N(CC(=O)NC1CC1)C(=O)CSC2c1cccc(F)c1. The molecule has 36 heavy (non-hydrogen) atoms. The molecule has 0 spiro atoms. The summed E-state index contributed by atoms with van der Waals surface area (Å²) in [6, 6.07) is 14.6. The number of thioether (sulfide) groups is 1. The van der Waals surface area contributed by atoms with Gasteiger partial charge >= 0.3 is 0 Å². The van der Waals surface area contributed by atoms with Crippen molar-refractivity contribution in [1.29, 1.82) is 0 Å². The van der Waals surface area contributed by atoms with Gasteiger partial charge in [-0.05, 0) is 49.1 Å². The fourth-order valence-corrected chi connectivity index (χ4v) is 5.81. The number of hydrogen-bond donors (Lipinski definition) is 1. The van der Waals surface area contributed by atoms with E-state index in [2.05, 4.69) is 26.1 Å². The Hall–Kier alpha value is -3.13. The number of benzene rings is 2. The van der Waals surface area contributed by atoms with Crippen LogP contribution >= 0.6 is 11.8 Å². The van der Waals surface area contributed by atoms with E-state index in [1.165, 1.54) is 23.9 Å². The molecule has 1 fully saturated rings. The number of carbonyl (C=O) groups excluding carboxylic acids is 2. The first-order valence-corrected chi connectivity index (χ1v) is 13.3. The standard InChI is InChI=1S/C28H31FN4O2S/c1-17-8-5-6-11-21(17)33-27-24(26(31-33)28(2,3)4)25(18-9-7-10-19(29)14-18)36-16-23(35)32(27)15-22(34)30-20-12-13-20/h5-11,14,20,25H,12-13,15-16H2,1-4H3,(H,30,34). The van der Waals surface area contributed by atoms with Crippen LogP contribution in [0.5, 0.6) is 0 Å². The summed E-state index contributed by atoms with van der Waals surface area (Å²) in [5.74, 6) is 0.0882. The van der Waals surface area contributed by atoms with Crippen LogP contribution in [0.4, 0.5) is 10.2 Å². The maximum Gasteiger partial charge on any atom is 0.240 e. The number of para-hydroxylation sites is 1. The Labute approximate surface area is 215 Å². The number of hydrogen-bond acceptors (Lipinski definition) is 4. The molecular weight excluding hydrogens is 475 g/mol. The molecule has 188 valence electrons. The van der Waals surface area contributed by atoms with E-state index >= 15 is 0 Å². The molecule has 0 bridgehead atoms. The van der Waals surface area contributed by atoms with Crippen molar-refractivity contribution in [3.8, 4) is 5.69 Å². The number of aryl methyl sites for hydroxylation is 1.